The van der Waals surface area contributed by atoms with E-state index in [9.17, 15) is 10.1 Å². The van der Waals surface area contributed by atoms with Gasteiger partial charge in [-0.05, 0) is 30.2 Å². The van der Waals surface area contributed by atoms with Crippen molar-refractivity contribution in [3.05, 3.63) is 62.3 Å². The van der Waals surface area contributed by atoms with Crippen molar-refractivity contribution in [2.75, 3.05) is 18.0 Å². The average Bonchev–Trinajstić information content (AvgIpc) is 3.03. The second-order valence-corrected chi connectivity index (χ2v) is 6.52. The third-order valence-corrected chi connectivity index (χ3v) is 4.64. The van der Waals surface area contributed by atoms with Crippen LogP contribution in [0.3, 0.4) is 0 Å². The summed E-state index contributed by atoms with van der Waals surface area (Å²) >= 11 is 12.1. The highest BCUT2D eigenvalue weighted by molar-refractivity contribution is 6.35. The summed E-state index contributed by atoms with van der Waals surface area (Å²) in [4.78, 5) is 16.5. The summed E-state index contributed by atoms with van der Waals surface area (Å²) in [6.07, 6.45) is 2.27. The maximum atomic E-state index is 10.7. The maximum absolute atomic E-state index is 10.7. The summed E-state index contributed by atoms with van der Waals surface area (Å²) in [6, 6.07) is 8.97. The number of hydrogen-bond acceptors (Lipinski definition) is 5. The molecule has 126 valence electrons. The van der Waals surface area contributed by atoms with Crippen molar-refractivity contribution in [1.29, 1.82) is 0 Å². The van der Waals surface area contributed by atoms with E-state index in [0.29, 0.717) is 22.6 Å². The molecule has 1 fully saturated rings. The molecule has 2 aromatic rings. The first-order chi connectivity index (χ1) is 11.5. The normalized spacial score (nSPS) is 17.2. The molecule has 1 N–H and O–H groups in total. The molecule has 0 radical (unpaired) electrons. The van der Waals surface area contributed by atoms with Crippen molar-refractivity contribution in [1.82, 2.24) is 10.3 Å². The van der Waals surface area contributed by atoms with Gasteiger partial charge in [-0.3, -0.25) is 10.1 Å². The van der Waals surface area contributed by atoms with Crippen molar-refractivity contribution in [3.63, 3.8) is 0 Å². The molecule has 0 amide bonds. The summed E-state index contributed by atoms with van der Waals surface area (Å²) in [7, 11) is 0. The molecule has 1 aromatic carbocycles. The summed E-state index contributed by atoms with van der Waals surface area (Å²) in [5.41, 5.74) is 1.01. The molecule has 0 bridgehead atoms. The fraction of sp³-hybridized carbons (Fsp3) is 0.312. The van der Waals surface area contributed by atoms with Gasteiger partial charge < -0.3 is 10.2 Å². The van der Waals surface area contributed by atoms with E-state index in [1.54, 1.807) is 12.1 Å². The zero-order valence-corrected chi connectivity index (χ0v) is 14.3. The van der Waals surface area contributed by atoms with E-state index < -0.39 is 4.92 Å². The number of pyridine rings is 1. The lowest BCUT2D eigenvalue weighted by atomic mass is 10.2. The number of nitrogens with one attached hydrogen (secondary N) is 1. The number of nitrogens with zero attached hydrogens (tertiary/aromatic N) is 3. The third kappa shape index (κ3) is 3.95. The Hall–Kier alpha value is -1.89. The lowest BCUT2D eigenvalue weighted by Crippen LogP contribution is -2.32. The Kier molecular flexibility index (Phi) is 5.18. The van der Waals surface area contributed by atoms with Crippen LogP contribution < -0.4 is 10.2 Å². The molecule has 0 aliphatic carbocycles. The van der Waals surface area contributed by atoms with E-state index in [0.717, 1.165) is 30.9 Å². The van der Waals surface area contributed by atoms with Crippen molar-refractivity contribution in [3.8, 4) is 0 Å². The first kappa shape index (κ1) is 17.0. The second kappa shape index (κ2) is 7.34. The number of nitro groups is 1. The van der Waals surface area contributed by atoms with E-state index >= 15 is 0 Å². The van der Waals surface area contributed by atoms with Gasteiger partial charge >= 0.3 is 0 Å². The first-order valence-corrected chi connectivity index (χ1v) is 8.31. The molecular formula is C16H16Cl2N4O2. The number of anilines is 1. The second-order valence-electron chi connectivity index (χ2n) is 5.68. The van der Waals surface area contributed by atoms with Crippen LogP contribution in [0.15, 0.2) is 36.5 Å². The summed E-state index contributed by atoms with van der Waals surface area (Å²) in [5, 5.41) is 15.4. The van der Waals surface area contributed by atoms with Crippen molar-refractivity contribution >= 4 is 34.7 Å². The highest BCUT2D eigenvalue weighted by Crippen LogP contribution is 2.23. The van der Waals surface area contributed by atoms with Crippen molar-refractivity contribution in [2.24, 2.45) is 0 Å². The molecule has 0 saturated carbocycles. The molecule has 0 spiro atoms. The molecule has 3 rings (SSSR count). The van der Waals surface area contributed by atoms with Crippen LogP contribution in [-0.4, -0.2) is 29.0 Å². The summed E-state index contributed by atoms with van der Waals surface area (Å²) < 4.78 is 0. The van der Waals surface area contributed by atoms with Gasteiger partial charge in [-0.2, -0.15) is 0 Å². The first-order valence-electron chi connectivity index (χ1n) is 7.55. The molecule has 24 heavy (non-hydrogen) atoms. The Labute approximate surface area is 149 Å². The minimum Gasteiger partial charge on any atom is -0.355 e. The minimum absolute atomic E-state index is 0.00463. The number of rotatable bonds is 5. The summed E-state index contributed by atoms with van der Waals surface area (Å²) in [5.74, 6) is 0.759. The average molecular weight is 367 g/mol. The molecular weight excluding hydrogens is 351 g/mol. The van der Waals surface area contributed by atoms with Crippen LogP contribution in [0.25, 0.3) is 0 Å². The van der Waals surface area contributed by atoms with E-state index in [4.69, 9.17) is 23.2 Å². The standard InChI is InChI=1S/C16H16Cl2N4O2/c17-12-2-1-11(15(18)7-12)8-19-13-5-6-21(10-13)16-4-3-14(9-20-16)22(23)24/h1-4,7,9,13,19H,5-6,8,10H2. The van der Waals surface area contributed by atoms with Gasteiger partial charge in [-0.1, -0.05) is 29.3 Å². The SMILES string of the molecule is O=[N+]([O-])c1ccc(N2CCC(NCc3ccc(Cl)cc3Cl)C2)nc1. The lowest BCUT2D eigenvalue weighted by molar-refractivity contribution is -0.385. The van der Waals surface area contributed by atoms with E-state index in [-0.39, 0.29) is 5.69 Å². The molecule has 1 unspecified atom stereocenters. The van der Waals surface area contributed by atoms with Gasteiger partial charge in [0.15, 0.2) is 0 Å². The zero-order valence-electron chi connectivity index (χ0n) is 12.8. The molecule has 1 atom stereocenters. The zero-order chi connectivity index (χ0) is 17.1. The molecule has 2 heterocycles. The van der Waals surface area contributed by atoms with Crippen LogP contribution >= 0.6 is 23.2 Å². The minimum atomic E-state index is -0.443. The van der Waals surface area contributed by atoms with Gasteiger partial charge in [0.25, 0.3) is 5.69 Å². The lowest BCUT2D eigenvalue weighted by Gasteiger charge is -2.18. The van der Waals surface area contributed by atoms with Gasteiger partial charge in [0.2, 0.25) is 0 Å². The molecule has 1 aliphatic heterocycles. The largest absolute Gasteiger partial charge is 0.355 e. The van der Waals surface area contributed by atoms with Crippen LogP contribution in [0, 0.1) is 10.1 Å². The highest BCUT2D eigenvalue weighted by atomic mass is 35.5. The van der Waals surface area contributed by atoms with Crippen molar-refractivity contribution < 1.29 is 4.92 Å². The van der Waals surface area contributed by atoms with Crippen LogP contribution in [0.1, 0.15) is 12.0 Å². The van der Waals surface area contributed by atoms with E-state index in [1.165, 1.54) is 12.3 Å². The Bertz CT molecular complexity index is 739. The van der Waals surface area contributed by atoms with Crippen molar-refractivity contribution in [2.45, 2.75) is 19.0 Å². The molecule has 6 nitrogen and oxygen atoms in total. The predicted molar refractivity (Wildman–Crippen MR) is 94.8 cm³/mol. The van der Waals surface area contributed by atoms with Gasteiger partial charge in [0.05, 0.1) is 4.92 Å². The molecule has 1 saturated heterocycles. The Balaban J connectivity index is 1.56. The van der Waals surface area contributed by atoms with Crippen LogP contribution in [0.2, 0.25) is 10.0 Å². The Morgan fingerprint density at radius 2 is 2.17 bits per heavy atom. The van der Waals surface area contributed by atoms with E-state index in [2.05, 4.69) is 15.2 Å². The topological polar surface area (TPSA) is 71.3 Å². The highest BCUT2D eigenvalue weighted by Gasteiger charge is 2.23. The molecule has 1 aromatic heterocycles. The Morgan fingerprint density at radius 1 is 1.33 bits per heavy atom. The monoisotopic (exact) mass is 366 g/mol. The summed E-state index contributed by atoms with van der Waals surface area (Å²) in [6.45, 7) is 2.33. The van der Waals surface area contributed by atoms with Crippen LogP contribution in [0.5, 0.6) is 0 Å². The van der Waals surface area contributed by atoms with E-state index in [1.807, 2.05) is 12.1 Å². The number of hydrogen-bond donors (Lipinski definition) is 1. The smallest absolute Gasteiger partial charge is 0.287 e. The molecule has 8 heteroatoms. The number of aromatic nitrogens is 1. The predicted octanol–water partition coefficient (Wildman–Crippen LogP) is 3.67. The van der Waals surface area contributed by atoms with Crippen LogP contribution in [0.4, 0.5) is 11.5 Å². The maximum Gasteiger partial charge on any atom is 0.287 e. The fourth-order valence-electron chi connectivity index (χ4n) is 2.73. The fourth-order valence-corrected chi connectivity index (χ4v) is 3.20. The quantitative estimate of drug-likeness (QED) is 0.645. The number of benzene rings is 1. The van der Waals surface area contributed by atoms with Gasteiger partial charge in [-0.25, -0.2) is 4.98 Å². The van der Waals surface area contributed by atoms with Gasteiger partial charge in [0.1, 0.15) is 12.0 Å². The molecule has 1 aliphatic rings. The van der Waals surface area contributed by atoms with Gasteiger partial charge in [-0.15, -0.1) is 0 Å². The van der Waals surface area contributed by atoms with Gasteiger partial charge in [0, 0.05) is 41.8 Å². The van der Waals surface area contributed by atoms with Crippen LogP contribution in [-0.2, 0) is 6.54 Å². The third-order valence-electron chi connectivity index (χ3n) is 4.05. The number of halogens is 2. The Morgan fingerprint density at radius 3 is 2.83 bits per heavy atom.